The molecule has 0 aliphatic carbocycles. The second kappa shape index (κ2) is 5.32. The minimum absolute atomic E-state index is 0.136. The number of halogens is 2. The summed E-state index contributed by atoms with van der Waals surface area (Å²) in [5.41, 5.74) is 0.977. The van der Waals surface area contributed by atoms with Crippen molar-refractivity contribution in [1.29, 1.82) is 0 Å². The molecule has 92 valence electrons. The van der Waals surface area contributed by atoms with E-state index in [1.165, 1.54) is 0 Å². The number of ketones is 1. The first-order valence-corrected chi connectivity index (χ1v) is 5.99. The van der Waals surface area contributed by atoms with Crippen LogP contribution in [0.4, 0.5) is 4.39 Å². The normalized spacial score (nSPS) is 13.9. The summed E-state index contributed by atoms with van der Waals surface area (Å²) in [6.45, 7) is 0. The zero-order chi connectivity index (χ0) is 13.0. The van der Waals surface area contributed by atoms with Crippen LogP contribution >= 0.6 is 11.6 Å². The van der Waals surface area contributed by atoms with Crippen LogP contribution in [0.15, 0.2) is 60.7 Å². The van der Waals surface area contributed by atoms with E-state index < -0.39 is 10.9 Å². The van der Waals surface area contributed by atoms with E-state index in [1.807, 2.05) is 6.07 Å². The number of hydrogen-bond acceptors (Lipinski definition) is 1. The summed E-state index contributed by atoms with van der Waals surface area (Å²) in [7, 11) is 0. The van der Waals surface area contributed by atoms with E-state index in [0.717, 1.165) is 0 Å². The van der Waals surface area contributed by atoms with E-state index in [9.17, 15) is 9.18 Å². The van der Waals surface area contributed by atoms with Gasteiger partial charge in [0.1, 0.15) is 0 Å². The lowest BCUT2D eigenvalue weighted by atomic mass is 10.0. The molecule has 1 nitrogen and oxygen atoms in total. The molecule has 0 aliphatic rings. The van der Waals surface area contributed by atoms with Crippen molar-refractivity contribution >= 4 is 17.4 Å². The molecule has 0 amide bonds. The molecule has 0 saturated heterocycles. The molecule has 1 unspecified atom stereocenters. The first-order chi connectivity index (χ1) is 8.59. The fraction of sp³-hybridized carbons (Fsp3) is 0.133. The average Bonchev–Trinajstić information content (AvgIpc) is 2.39. The highest BCUT2D eigenvalue weighted by Crippen LogP contribution is 2.27. The van der Waals surface area contributed by atoms with E-state index in [0.29, 0.717) is 5.56 Å². The van der Waals surface area contributed by atoms with Crippen LogP contribution in [0.25, 0.3) is 0 Å². The SMILES string of the molecule is O=C(c1ccccc1)C(F)(Cl)Cc1ccccc1. The fourth-order valence-corrected chi connectivity index (χ4v) is 2.00. The zero-order valence-electron chi connectivity index (χ0n) is 9.64. The third-order valence-electron chi connectivity index (χ3n) is 2.64. The highest BCUT2D eigenvalue weighted by molar-refractivity contribution is 6.36. The lowest BCUT2D eigenvalue weighted by Gasteiger charge is -2.16. The van der Waals surface area contributed by atoms with E-state index in [-0.39, 0.29) is 12.0 Å². The van der Waals surface area contributed by atoms with Crippen molar-refractivity contribution in [2.75, 3.05) is 0 Å². The van der Waals surface area contributed by atoms with Gasteiger partial charge in [0.15, 0.2) is 0 Å². The molecule has 0 N–H and O–H groups in total. The Balaban J connectivity index is 2.19. The third kappa shape index (κ3) is 2.96. The Hall–Kier alpha value is -1.67. The molecule has 2 aromatic rings. The standard InChI is InChI=1S/C15H12ClFO/c16-15(17,11-12-7-3-1-4-8-12)14(18)13-9-5-2-6-10-13/h1-10H,11H2. The molecule has 2 rings (SSSR count). The van der Waals surface area contributed by atoms with Crippen LogP contribution in [0.2, 0.25) is 0 Å². The Morgan fingerprint density at radius 3 is 2.06 bits per heavy atom. The predicted molar refractivity (Wildman–Crippen MR) is 70.6 cm³/mol. The summed E-state index contributed by atoms with van der Waals surface area (Å²) in [5, 5.41) is -2.40. The molecular formula is C15H12ClFO. The topological polar surface area (TPSA) is 17.1 Å². The van der Waals surface area contributed by atoms with Crippen LogP contribution in [0, 0.1) is 0 Å². The maximum Gasteiger partial charge on any atom is 0.249 e. The van der Waals surface area contributed by atoms with Crippen LogP contribution in [0.1, 0.15) is 15.9 Å². The van der Waals surface area contributed by atoms with Gasteiger partial charge in [-0.25, -0.2) is 4.39 Å². The van der Waals surface area contributed by atoms with Crippen molar-refractivity contribution in [3.05, 3.63) is 71.8 Å². The number of carbonyl (C=O) groups is 1. The van der Waals surface area contributed by atoms with Crippen molar-refractivity contribution in [2.24, 2.45) is 0 Å². The average molecular weight is 263 g/mol. The Morgan fingerprint density at radius 1 is 1.00 bits per heavy atom. The van der Waals surface area contributed by atoms with Crippen LogP contribution in [0.5, 0.6) is 0 Å². The predicted octanol–water partition coefficient (Wildman–Crippen LogP) is 4.02. The molecule has 3 heteroatoms. The Bertz CT molecular complexity index is 523. The highest BCUT2D eigenvalue weighted by atomic mass is 35.5. The fourth-order valence-electron chi connectivity index (χ4n) is 1.73. The molecule has 0 saturated carbocycles. The summed E-state index contributed by atoms with van der Waals surface area (Å²) in [5.74, 6) is -0.700. The number of Topliss-reactive ketones (excluding diaryl/α,β-unsaturated/α-hetero) is 1. The smallest absolute Gasteiger partial charge is 0.249 e. The Morgan fingerprint density at radius 2 is 1.50 bits per heavy atom. The number of carbonyl (C=O) groups excluding carboxylic acids is 1. The van der Waals surface area contributed by atoms with Crippen molar-refractivity contribution in [2.45, 2.75) is 11.5 Å². The Kier molecular flexibility index (Phi) is 3.78. The van der Waals surface area contributed by atoms with Crippen molar-refractivity contribution < 1.29 is 9.18 Å². The van der Waals surface area contributed by atoms with Crippen LogP contribution < -0.4 is 0 Å². The van der Waals surface area contributed by atoms with Gasteiger partial charge in [-0.3, -0.25) is 4.79 Å². The first-order valence-electron chi connectivity index (χ1n) is 5.61. The number of hydrogen-bond donors (Lipinski definition) is 0. The summed E-state index contributed by atoms with van der Waals surface area (Å²) >= 11 is 5.74. The molecule has 18 heavy (non-hydrogen) atoms. The molecule has 0 aromatic heterocycles. The van der Waals surface area contributed by atoms with E-state index in [2.05, 4.69) is 0 Å². The largest absolute Gasteiger partial charge is 0.289 e. The molecule has 0 heterocycles. The van der Waals surface area contributed by atoms with Gasteiger partial charge in [0.05, 0.1) is 0 Å². The number of rotatable bonds is 4. The van der Waals surface area contributed by atoms with Crippen molar-refractivity contribution in [3.8, 4) is 0 Å². The lowest BCUT2D eigenvalue weighted by molar-refractivity contribution is 0.0829. The monoisotopic (exact) mass is 262 g/mol. The molecule has 0 aliphatic heterocycles. The molecule has 0 radical (unpaired) electrons. The van der Waals surface area contributed by atoms with Gasteiger partial charge < -0.3 is 0 Å². The van der Waals surface area contributed by atoms with Gasteiger partial charge in [0.25, 0.3) is 0 Å². The zero-order valence-corrected chi connectivity index (χ0v) is 10.4. The minimum Gasteiger partial charge on any atom is -0.289 e. The van der Waals surface area contributed by atoms with Crippen LogP contribution in [-0.2, 0) is 6.42 Å². The van der Waals surface area contributed by atoms with Crippen LogP contribution in [-0.4, -0.2) is 10.9 Å². The quantitative estimate of drug-likeness (QED) is 0.601. The number of alkyl halides is 2. The van der Waals surface area contributed by atoms with Gasteiger partial charge >= 0.3 is 0 Å². The molecule has 0 spiro atoms. The van der Waals surface area contributed by atoms with Crippen molar-refractivity contribution in [3.63, 3.8) is 0 Å². The molecule has 0 fully saturated rings. The first kappa shape index (κ1) is 12.8. The minimum atomic E-state index is -2.40. The number of benzene rings is 2. The van der Waals surface area contributed by atoms with Gasteiger partial charge in [-0.15, -0.1) is 0 Å². The van der Waals surface area contributed by atoms with E-state index >= 15 is 0 Å². The van der Waals surface area contributed by atoms with Gasteiger partial charge in [-0.2, -0.15) is 0 Å². The van der Waals surface area contributed by atoms with E-state index in [1.54, 1.807) is 54.6 Å². The highest BCUT2D eigenvalue weighted by Gasteiger charge is 2.36. The molecule has 1 atom stereocenters. The maximum absolute atomic E-state index is 14.3. The van der Waals surface area contributed by atoms with Crippen molar-refractivity contribution in [1.82, 2.24) is 0 Å². The van der Waals surface area contributed by atoms with Gasteiger partial charge in [0, 0.05) is 12.0 Å². The molecule has 2 aromatic carbocycles. The molecule has 0 bridgehead atoms. The summed E-state index contributed by atoms with van der Waals surface area (Å²) in [6.07, 6.45) is -0.136. The van der Waals surface area contributed by atoms with Gasteiger partial charge in [-0.1, -0.05) is 72.3 Å². The maximum atomic E-state index is 14.3. The summed E-state index contributed by atoms with van der Waals surface area (Å²) in [6, 6.07) is 17.1. The summed E-state index contributed by atoms with van der Waals surface area (Å²) in [4.78, 5) is 12.0. The molecular weight excluding hydrogens is 251 g/mol. The second-order valence-corrected chi connectivity index (χ2v) is 4.66. The van der Waals surface area contributed by atoms with Gasteiger partial charge in [0.2, 0.25) is 10.9 Å². The van der Waals surface area contributed by atoms with E-state index in [4.69, 9.17) is 11.6 Å². The lowest BCUT2D eigenvalue weighted by Crippen LogP contribution is -2.30. The van der Waals surface area contributed by atoms with Gasteiger partial charge in [-0.05, 0) is 5.56 Å². The summed E-state index contributed by atoms with van der Waals surface area (Å²) < 4.78 is 14.3. The Labute approximate surface area is 110 Å². The third-order valence-corrected chi connectivity index (χ3v) is 2.94. The van der Waals surface area contributed by atoms with Crippen LogP contribution in [0.3, 0.4) is 0 Å². The second-order valence-electron chi connectivity index (χ2n) is 4.06.